The summed E-state index contributed by atoms with van der Waals surface area (Å²) in [6, 6.07) is 1.95. The molecule has 2 N–H and O–H groups in total. The summed E-state index contributed by atoms with van der Waals surface area (Å²) in [6.45, 7) is 4.46. The molecular formula is C21H28N6O2. The smallest absolute Gasteiger partial charge is 0.326 e. The Labute approximate surface area is 168 Å². The van der Waals surface area contributed by atoms with Gasteiger partial charge in [-0.3, -0.25) is 9.36 Å². The molecule has 0 saturated carbocycles. The van der Waals surface area contributed by atoms with E-state index in [4.69, 9.17) is 0 Å². The van der Waals surface area contributed by atoms with Crippen LogP contribution in [0.4, 0.5) is 0 Å². The van der Waals surface area contributed by atoms with E-state index in [1.807, 2.05) is 21.7 Å². The molecule has 2 aliphatic rings. The summed E-state index contributed by atoms with van der Waals surface area (Å²) in [5, 5.41) is 0.939. The monoisotopic (exact) mass is 396 g/mol. The lowest BCUT2D eigenvalue weighted by Gasteiger charge is -2.34. The normalized spacial score (nSPS) is 21.2. The highest BCUT2D eigenvalue weighted by atomic mass is 16.2. The van der Waals surface area contributed by atoms with Gasteiger partial charge in [0.25, 0.3) is 0 Å². The fourth-order valence-electron chi connectivity index (χ4n) is 4.96. The molecule has 8 nitrogen and oxygen atoms in total. The maximum Gasteiger partial charge on any atom is 0.326 e. The van der Waals surface area contributed by atoms with E-state index >= 15 is 0 Å². The van der Waals surface area contributed by atoms with Crippen LogP contribution in [0, 0.1) is 0 Å². The van der Waals surface area contributed by atoms with Crippen molar-refractivity contribution in [2.45, 2.75) is 44.6 Å². The van der Waals surface area contributed by atoms with E-state index in [1.165, 1.54) is 19.3 Å². The van der Waals surface area contributed by atoms with Gasteiger partial charge in [0, 0.05) is 37.6 Å². The third-order valence-electron chi connectivity index (χ3n) is 6.46. The van der Waals surface area contributed by atoms with Crippen LogP contribution in [0.15, 0.2) is 23.3 Å². The first-order valence-electron chi connectivity index (χ1n) is 10.8. The third-order valence-corrected chi connectivity index (χ3v) is 6.46. The summed E-state index contributed by atoms with van der Waals surface area (Å²) in [7, 11) is 0. The molecule has 5 heterocycles. The number of hydrogen-bond acceptors (Lipinski definition) is 4. The van der Waals surface area contributed by atoms with Gasteiger partial charge in [0.2, 0.25) is 5.91 Å². The number of amides is 1. The molecule has 8 heteroatoms. The molecule has 3 aromatic heterocycles. The lowest BCUT2D eigenvalue weighted by Crippen LogP contribution is -2.43. The van der Waals surface area contributed by atoms with Gasteiger partial charge in [-0.2, -0.15) is 0 Å². The summed E-state index contributed by atoms with van der Waals surface area (Å²) < 4.78 is 1.84. The maximum atomic E-state index is 12.9. The fraction of sp³-hybridized carbons (Fsp3) is 0.571. The van der Waals surface area contributed by atoms with Crippen LogP contribution < -0.4 is 5.69 Å². The highest BCUT2D eigenvalue weighted by Crippen LogP contribution is 2.28. The van der Waals surface area contributed by atoms with Crippen molar-refractivity contribution < 1.29 is 4.79 Å². The fourth-order valence-corrected chi connectivity index (χ4v) is 4.96. The van der Waals surface area contributed by atoms with Crippen LogP contribution in [0.1, 0.15) is 44.6 Å². The number of likely N-dealkylation sites (tertiary alicyclic amines) is 2. The molecule has 0 aromatic carbocycles. The number of nitrogens with one attached hydrogen (secondary N) is 2. The zero-order valence-electron chi connectivity index (χ0n) is 16.7. The SMILES string of the molecule is O=C(CCN1CCCCC1)N1CCC[C@@H](n2c(=O)[nH]c3cnc4[nH]ccc4c32)C1. The highest BCUT2D eigenvalue weighted by Gasteiger charge is 2.28. The minimum atomic E-state index is -0.122. The quantitative estimate of drug-likeness (QED) is 0.708. The van der Waals surface area contributed by atoms with E-state index in [9.17, 15) is 9.59 Å². The molecule has 0 radical (unpaired) electrons. The van der Waals surface area contributed by atoms with Crippen LogP contribution >= 0.6 is 0 Å². The number of fused-ring (bicyclic) bond motifs is 3. The molecule has 1 atom stereocenters. The van der Waals surface area contributed by atoms with Crippen molar-refractivity contribution in [3.05, 3.63) is 28.9 Å². The van der Waals surface area contributed by atoms with Crippen molar-refractivity contribution >= 4 is 28.0 Å². The summed E-state index contributed by atoms with van der Waals surface area (Å²) in [4.78, 5) is 40.4. The van der Waals surface area contributed by atoms with Gasteiger partial charge in [-0.15, -0.1) is 0 Å². The Morgan fingerprint density at radius 1 is 1.17 bits per heavy atom. The summed E-state index contributed by atoms with van der Waals surface area (Å²) in [6.07, 6.45) is 9.73. The second-order valence-electron chi connectivity index (χ2n) is 8.35. The minimum Gasteiger partial charge on any atom is -0.346 e. The number of nitrogens with zero attached hydrogens (tertiary/aromatic N) is 4. The molecule has 0 unspecified atom stereocenters. The minimum absolute atomic E-state index is 0.00978. The van der Waals surface area contributed by atoms with E-state index in [0.717, 1.165) is 61.1 Å². The van der Waals surface area contributed by atoms with Gasteiger partial charge >= 0.3 is 5.69 Å². The average Bonchev–Trinajstić information content (AvgIpc) is 3.36. The standard InChI is InChI=1S/C21H28N6O2/c28-18(7-12-25-9-2-1-3-10-25)26-11-4-5-15(14-26)27-19-16-6-8-22-20(16)23-13-17(19)24-21(27)29/h6,8,13,15H,1-5,7,9-12,14H2,(H,22,23)(H,24,29)/t15-/m1/s1. The predicted octanol–water partition coefficient (Wildman–Crippen LogP) is 2.25. The van der Waals surface area contributed by atoms with E-state index in [1.54, 1.807) is 6.20 Å². The Morgan fingerprint density at radius 2 is 2.03 bits per heavy atom. The molecule has 5 rings (SSSR count). The van der Waals surface area contributed by atoms with Crippen LogP contribution in [-0.4, -0.2) is 67.9 Å². The highest BCUT2D eigenvalue weighted by molar-refractivity contribution is 6.00. The molecule has 29 heavy (non-hydrogen) atoms. The Bertz CT molecular complexity index is 1070. The first-order chi connectivity index (χ1) is 14.2. The Hall–Kier alpha value is -2.61. The van der Waals surface area contributed by atoms with Crippen molar-refractivity contribution in [3.63, 3.8) is 0 Å². The van der Waals surface area contributed by atoms with Gasteiger partial charge in [0.05, 0.1) is 23.3 Å². The largest absolute Gasteiger partial charge is 0.346 e. The van der Waals surface area contributed by atoms with Crippen molar-refractivity contribution in [1.29, 1.82) is 0 Å². The Morgan fingerprint density at radius 3 is 2.90 bits per heavy atom. The van der Waals surface area contributed by atoms with Gasteiger partial charge in [-0.05, 0) is 44.8 Å². The first kappa shape index (κ1) is 18.4. The maximum absolute atomic E-state index is 12.9. The van der Waals surface area contributed by atoms with Crippen LogP contribution in [-0.2, 0) is 4.79 Å². The zero-order chi connectivity index (χ0) is 19.8. The van der Waals surface area contributed by atoms with Gasteiger partial charge in [-0.1, -0.05) is 6.42 Å². The lowest BCUT2D eigenvalue weighted by atomic mass is 10.0. The average molecular weight is 396 g/mol. The van der Waals surface area contributed by atoms with Crippen molar-refractivity contribution in [2.24, 2.45) is 0 Å². The van der Waals surface area contributed by atoms with Crippen LogP contribution in [0.2, 0.25) is 0 Å². The Balaban J connectivity index is 1.35. The molecule has 0 bridgehead atoms. The van der Waals surface area contributed by atoms with Gasteiger partial charge in [-0.25, -0.2) is 9.78 Å². The number of carbonyl (C=O) groups is 1. The van der Waals surface area contributed by atoms with E-state index in [-0.39, 0.29) is 17.6 Å². The van der Waals surface area contributed by atoms with Gasteiger partial charge in [0.1, 0.15) is 5.65 Å². The van der Waals surface area contributed by atoms with Gasteiger partial charge in [0.15, 0.2) is 0 Å². The van der Waals surface area contributed by atoms with E-state index in [0.29, 0.717) is 13.0 Å². The number of aromatic amines is 2. The molecule has 0 aliphatic carbocycles. The number of rotatable bonds is 4. The molecule has 154 valence electrons. The second kappa shape index (κ2) is 7.67. The number of imidazole rings is 1. The number of aromatic nitrogens is 4. The molecule has 2 aliphatic heterocycles. The molecule has 2 fully saturated rings. The Kier molecular flexibility index (Phi) is 4.87. The number of hydrogen-bond donors (Lipinski definition) is 2. The number of H-pyrrole nitrogens is 2. The molecular weight excluding hydrogens is 368 g/mol. The third kappa shape index (κ3) is 3.46. The molecule has 3 aromatic rings. The predicted molar refractivity (Wildman–Crippen MR) is 112 cm³/mol. The van der Waals surface area contributed by atoms with E-state index < -0.39 is 0 Å². The molecule has 0 spiro atoms. The summed E-state index contributed by atoms with van der Waals surface area (Å²) >= 11 is 0. The van der Waals surface area contributed by atoms with Crippen molar-refractivity contribution in [1.82, 2.24) is 29.3 Å². The molecule has 1 amide bonds. The summed E-state index contributed by atoms with van der Waals surface area (Å²) in [5.74, 6) is 0.210. The van der Waals surface area contributed by atoms with Crippen molar-refractivity contribution in [2.75, 3.05) is 32.7 Å². The summed E-state index contributed by atoms with van der Waals surface area (Å²) in [5.41, 5.74) is 2.28. The van der Waals surface area contributed by atoms with Crippen LogP contribution in [0.3, 0.4) is 0 Å². The topological polar surface area (TPSA) is 90.0 Å². The number of pyridine rings is 1. The first-order valence-corrected chi connectivity index (χ1v) is 10.8. The van der Waals surface area contributed by atoms with Crippen LogP contribution in [0.5, 0.6) is 0 Å². The number of carbonyl (C=O) groups excluding carboxylic acids is 1. The van der Waals surface area contributed by atoms with E-state index in [2.05, 4.69) is 19.9 Å². The van der Waals surface area contributed by atoms with Crippen LogP contribution in [0.25, 0.3) is 22.1 Å². The van der Waals surface area contributed by atoms with Gasteiger partial charge < -0.3 is 19.8 Å². The van der Waals surface area contributed by atoms with Crippen molar-refractivity contribution in [3.8, 4) is 0 Å². The molecule has 2 saturated heterocycles. The zero-order valence-corrected chi connectivity index (χ0v) is 16.7. The lowest BCUT2D eigenvalue weighted by molar-refractivity contribution is -0.133. The number of piperidine rings is 2. The second-order valence-corrected chi connectivity index (χ2v) is 8.35.